The predicted octanol–water partition coefficient (Wildman–Crippen LogP) is 3.51. The third-order valence-electron chi connectivity index (χ3n) is 3.51. The summed E-state index contributed by atoms with van der Waals surface area (Å²) < 4.78 is 35.8. The summed E-state index contributed by atoms with van der Waals surface area (Å²) in [7, 11) is 1.36. The number of aromatic nitrogens is 2. The average Bonchev–Trinajstić information content (AvgIpc) is 2.62. The van der Waals surface area contributed by atoms with Crippen molar-refractivity contribution in [2.24, 2.45) is 0 Å². The Morgan fingerprint density at radius 2 is 1.76 bits per heavy atom. The molecule has 0 amide bonds. The topological polar surface area (TPSA) is 53.4 Å². The Bertz CT molecular complexity index is 927. The van der Waals surface area contributed by atoms with Gasteiger partial charge in [-0.15, -0.1) is 0 Å². The van der Waals surface area contributed by atoms with Crippen molar-refractivity contribution in [3.8, 4) is 28.3 Å². The molecule has 1 aromatic heterocycles. The van der Waals surface area contributed by atoms with Crippen LogP contribution in [0.4, 0.5) is 8.78 Å². The first-order valence-electron chi connectivity index (χ1n) is 7.36. The highest BCUT2D eigenvalue weighted by Crippen LogP contribution is 2.33. The monoisotopic (exact) mass is 344 g/mol. The molecule has 3 aromatic rings. The zero-order chi connectivity index (χ0) is 17.8. The minimum absolute atomic E-state index is 0.109. The number of nitrogens with zero attached hydrogens (tertiary/aromatic N) is 2. The van der Waals surface area contributed by atoms with Crippen LogP contribution in [0.25, 0.3) is 16.8 Å². The highest BCUT2D eigenvalue weighted by Gasteiger charge is 2.13. The van der Waals surface area contributed by atoms with Crippen molar-refractivity contribution >= 4 is 0 Å². The van der Waals surface area contributed by atoms with Gasteiger partial charge >= 0.3 is 6.61 Å². The summed E-state index contributed by atoms with van der Waals surface area (Å²) in [6.45, 7) is -2.98. The predicted molar refractivity (Wildman–Crippen MR) is 88.5 cm³/mol. The van der Waals surface area contributed by atoms with Gasteiger partial charge in [0, 0.05) is 11.6 Å². The Morgan fingerprint density at radius 1 is 1.00 bits per heavy atom. The molecule has 7 heteroatoms. The normalized spacial score (nSPS) is 10.7. The SMILES string of the molecule is COc1ccc(-c2cnn(-c3ccccc3)c(=O)c2)cc1OC(F)F. The molecule has 25 heavy (non-hydrogen) atoms. The van der Waals surface area contributed by atoms with Crippen LogP contribution >= 0.6 is 0 Å². The van der Waals surface area contributed by atoms with Crippen LogP contribution in [0.3, 0.4) is 0 Å². The molecule has 0 saturated heterocycles. The minimum Gasteiger partial charge on any atom is -0.493 e. The van der Waals surface area contributed by atoms with E-state index in [1.54, 1.807) is 30.3 Å². The lowest BCUT2D eigenvalue weighted by atomic mass is 10.1. The molecule has 0 aliphatic heterocycles. The van der Waals surface area contributed by atoms with Crippen LogP contribution in [0.1, 0.15) is 0 Å². The first-order valence-corrected chi connectivity index (χ1v) is 7.36. The fourth-order valence-corrected chi connectivity index (χ4v) is 2.37. The summed E-state index contributed by atoms with van der Waals surface area (Å²) in [5.74, 6) is 0.0666. The molecule has 0 bridgehead atoms. The maximum Gasteiger partial charge on any atom is 0.387 e. The van der Waals surface area contributed by atoms with Crippen LogP contribution < -0.4 is 15.0 Å². The number of hydrogen-bond acceptors (Lipinski definition) is 4. The molecular formula is C18H14F2N2O3. The summed E-state index contributed by atoms with van der Waals surface area (Å²) in [5, 5.41) is 4.14. The van der Waals surface area contributed by atoms with Crippen molar-refractivity contribution in [2.75, 3.05) is 7.11 Å². The number of hydrogen-bond donors (Lipinski definition) is 0. The first-order chi connectivity index (χ1) is 12.1. The van der Waals surface area contributed by atoms with E-state index < -0.39 is 6.61 Å². The molecule has 0 spiro atoms. The molecule has 0 aliphatic rings. The number of methoxy groups -OCH3 is 1. The first kappa shape index (κ1) is 16.6. The zero-order valence-electron chi connectivity index (χ0n) is 13.2. The third-order valence-corrected chi connectivity index (χ3v) is 3.51. The minimum atomic E-state index is -2.98. The summed E-state index contributed by atoms with van der Waals surface area (Å²) >= 11 is 0. The maximum absolute atomic E-state index is 12.5. The van der Waals surface area contributed by atoms with Crippen molar-refractivity contribution in [3.05, 3.63) is 71.1 Å². The summed E-state index contributed by atoms with van der Waals surface area (Å²) in [4.78, 5) is 12.3. The molecule has 3 rings (SSSR count). The van der Waals surface area contributed by atoms with E-state index in [1.807, 2.05) is 6.07 Å². The van der Waals surface area contributed by atoms with Gasteiger partial charge in [0.05, 0.1) is 19.0 Å². The second-order valence-electron chi connectivity index (χ2n) is 5.07. The fraction of sp³-hybridized carbons (Fsp3) is 0.111. The Kier molecular flexibility index (Phi) is 4.74. The standard InChI is InChI=1S/C18H14F2N2O3/c1-24-15-8-7-12(9-16(15)25-18(19)20)13-10-17(23)22(21-11-13)14-5-3-2-4-6-14/h2-11,18H,1H3. The maximum atomic E-state index is 12.5. The van der Waals surface area contributed by atoms with Crippen molar-refractivity contribution in [2.45, 2.75) is 6.61 Å². The van der Waals surface area contributed by atoms with Gasteiger partial charge in [-0.05, 0) is 29.8 Å². The van der Waals surface area contributed by atoms with Crippen LogP contribution in [0.5, 0.6) is 11.5 Å². The largest absolute Gasteiger partial charge is 0.493 e. The molecule has 0 atom stereocenters. The van der Waals surface area contributed by atoms with Gasteiger partial charge < -0.3 is 9.47 Å². The van der Waals surface area contributed by atoms with E-state index in [1.165, 1.54) is 36.2 Å². The van der Waals surface area contributed by atoms with Crippen molar-refractivity contribution < 1.29 is 18.3 Å². The summed E-state index contributed by atoms with van der Waals surface area (Å²) in [5.41, 5.74) is 1.30. The van der Waals surface area contributed by atoms with E-state index in [0.717, 1.165) is 0 Å². The molecule has 128 valence electrons. The van der Waals surface area contributed by atoms with Crippen LogP contribution in [0.15, 0.2) is 65.6 Å². The fourth-order valence-electron chi connectivity index (χ4n) is 2.37. The second kappa shape index (κ2) is 7.12. The lowest BCUT2D eigenvalue weighted by molar-refractivity contribution is -0.0511. The quantitative estimate of drug-likeness (QED) is 0.711. The summed E-state index contributed by atoms with van der Waals surface area (Å²) in [6.07, 6.45) is 1.49. The van der Waals surface area contributed by atoms with Gasteiger partial charge in [-0.25, -0.2) is 0 Å². The van der Waals surface area contributed by atoms with Crippen molar-refractivity contribution in [3.63, 3.8) is 0 Å². The van der Waals surface area contributed by atoms with Crippen LogP contribution in [0.2, 0.25) is 0 Å². The van der Waals surface area contributed by atoms with Gasteiger partial charge in [-0.1, -0.05) is 24.3 Å². The number of halogens is 2. The molecule has 2 aromatic carbocycles. The average molecular weight is 344 g/mol. The molecule has 0 N–H and O–H groups in total. The second-order valence-corrected chi connectivity index (χ2v) is 5.07. The summed E-state index contributed by atoms with van der Waals surface area (Å²) in [6, 6.07) is 14.9. The molecule has 0 fully saturated rings. The number of para-hydroxylation sites is 1. The van der Waals surface area contributed by atoms with Crippen LogP contribution in [-0.4, -0.2) is 23.5 Å². The van der Waals surface area contributed by atoms with Gasteiger partial charge in [0.25, 0.3) is 5.56 Å². The zero-order valence-corrected chi connectivity index (χ0v) is 13.2. The Hall–Kier alpha value is -3.22. The lowest BCUT2D eigenvalue weighted by Crippen LogP contribution is -2.19. The molecule has 0 aliphatic carbocycles. The van der Waals surface area contributed by atoms with Gasteiger partial charge in [-0.3, -0.25) is 4.79 Å². The molecule has 0 saturated carbocycles. The van der Waals surface area contributed by atoms with Crippen molar-refractivity contribution in [1.29, 1.82) is 0 Å². The van der Waals surface area contributed by atoms with Gasteiger partial charge in [0.15, 0.2) is 11.5 Å². The van der Waals surface area contributed by atoms with Gasteiger partial charge in [0.1, 0.15) is 0 Å². The Morgan fingerprint density at radius 3 is 2.40 bits per heavy atom. The van der Waals surface area contributed by atoms with Gasteiger partial charge in [0.2, 0.25) is 0 Å². The van der Waals surface area contributed by atoms with E-state index >= 15 is 0 Å². The van der Waals surface area contributed by atoms with E-state index in [0.29, 0.717) is 16.8 Å². The molecule has 5 nitrogen and oxygen atoms in total. The van der Waals surface area contributed by atoms with Crippen LogP contribution in [0, 0.1) is 0 Å². The molecular weight excluding hydrogens is 330 g/mol. The Labute approximate surface area is 142 Å². The molecule has 1 heterocycles. The van der Waals surface area contributed by atoms with Gasteiger partial charge in [-0.2, -0.15) is 18.6 Å². The number of benzene rings is 2. The number of alkyl halides is 2. The van der Waals surface area contributed by atoms with E-state index in [9.17, 15) is 13.6 Å². The van der Waals surface area contributed by atoms with E-state index in [4.69, 9.17) is 4.74 Å². The smallest absolute Gasteiger partial charge is 0.387 e. The number of rotatable bonds is 5. The van der Waals surface area contributed by atoms with Crippen molar-refractivity contribution in [1.82, 2.24) is 9.78 Å². The highest BCUT2D eigenvalue weighted by atomic mass is 19.3. The molecule has 0 unspecified atom stereocenters. The lowest BCUT2D eigenvalue weighted by Gasteiger charge is -2.12. The molecule has 0 radical (unpaired) electrons. The Balaban J connectivity index is 2.00. The third kappa shape index (κ3) is 3.65. The van der Waals surface area contributed by atoms with Crippen LogP contribution in [-0.2, 0) is 0 Å². The number of ether oxygens (including phenoxy) is 2. The van der Waals surface area contributed by atoms with E-state index in [2.05, 4.69) is 9.84 Å². The highest BCUT2D eigenvalue weighted by molar-refractivity contribution is 5.66. The van der Waals surface area contributed by atoms with E-state index in [-0.39, 0.29) is 17.1 Å².